The van der Waals surface area contributed by atoms with Crippen molar-refractivity contribution in [2.75, 3.05) is 5.32 Å². The topological polar surface area (TPSA) is 35.8 Å². The number of benzene rings is 2. The minimum atomic E-state index is -1.62. The molecular formula is C13H6F4N2. The van der Waals surface area contributed by atoms with Crippen LogP contribution in [0.3, 0.4) is 0 Å². The summed E-state index contributed by atoms with van der Waals surface area (Å²) in [5, 5.41) is 11.2. The van der Waals surface area contributed by atoms with Crippen molar-refractivity contribution in [1.82, 2.24) is 0 Å². The molecule has 1 N–H and O–H groups in total. The van der Waals surface area contributed by atoms with E-state index in [1.807, 2.05) is 0 Å². The van der Waals surface area contributed by atoms with Crippen LogP contribution < -0.4 is 5.32 Å². The molecule has 0 aliphatic carbocycles. The Balaban J connectivity index is 2.43. The maximum atomic E-state index is 13.4. The lowest BCUT2D eigenvalue weighted by atomic mass is 10.1. The van der Waals surface area contributed by atoms with Gasteiger partial charge in [0.25, 0.3) is 0 Å². The van der Waals surface area contributed by atoms with Crippen molar-refractivity contribution in [3.05, 3.63) is 59.2 Å². The molecule has 0 radical (unpaired) electrons. The molecule has 0 saturated heterocycles. The molecule has 2 nitrogen and oxygen atoms in total. The van der Waals surface area contributed by atoms with Crippen molar-refractivity contribution in [3.8, 4) is 6.07 Å². The molecule has 0 fully saturated rings. The number of nitrogens with zero attached hydrogens (tertiary/aromatic N) is 1. The van der Waals surface area contributed by atoms with Gasteiger partial charge in [0.1, 0.15) is 11.9 Å². The van der Waals surface area contributed by atoms with E-state index in [2.05, 4.69) is 5.32 Å². The van der Waals surface area contributed by atoms with Crippen LogP contribution >= 0.6 is 0 Å². The summed E-state index contributed by atoms with van der Waals surface area (Å²) >= 11 is 0. The Labute approximate surface area is 105 Å². The monoisotopic (exact) mass is 266 g/mol. The normalized spacial score (nSPS) is 10.1. The molecule has 0 aliphatic heterocycles. The van der Waals surface area contributed by atoms with Crippen molar-refractivity contribution in [3.63, 3.8) is 0 Å². The van der Waals surface area contributed by atoms with Gasteiger partial charge in [-0.2, -0.15) is 5.26 Å². The van der Waals surface area contributed by atoms with Crippen LogP contribution in [-0.2, 0) is 0 Å². The van der Waals surface area contributed by atoms with E-state index in [1.54, 1.807) is 6.07 Å². The third kappa shape index (κ3) is 2.50. The molecule has 6 heteroatoms. The van der Waals surface area contributed by atoms with Gasteiger partial charge in [-0.1, -0.05) is 0 Å². The quantitative estimate of drug-likeness (QED) is 0.661. The molecule has 0 heterocycles. The lowest BCUT2D eigenvalue weighted by Gasteiger charge is -2.09. The van der Waals surface area contributed by atoms with E-state index in [0.717, 1.165) is 24.3 Å². The van der Waals surface area contributed by atoms with Gasteiger partial charge in [0, 0.05) is 0 Å². The van der Waals surface area contributed by atoms with E-state index in [0.29, 0.717) is 0 Å². The predicted molar refractivity (Wildman–Crippen MR) is 60.7 cm³/mol. The Bertz CT molecular complexity index is 677. The summed E-state index contributed by atoms with van der Waals surface area (Å²) in [6, 6.07) is 6.64. The molecule has 2 aromatic carbocycles. The fourth-order valence-corrected chi connectivity index (χ4v) is 1.49. The first kappa shape index (κ1) is 12.9. The summed E-state index contributed by atoms with van der Waals surface area (Å²) in [4.78, 5) is 0. The number of nitrogens with one attached hydrogen (secondary N) is 1. The molecule has 2 rings (SSSR count). The van der Waals surface area contributed by atoms with Crippen molar-refractivity contribution in [2.45, 2.75) is 0 Å². The number of hydrogen-bond acceptors (Lipinski definition) is 2. The molecule has 0 saturated carbocycles. The van der Waals surface area contributed by atoms with E-state index in [1.165, 1.54) is 6.07 Å². The summed E-state index contributed by atoms with van der Waals surface area (Å²) in [6.07, 6.45) is 0. The van der Waals surface area contributed by atoms with Crippen LogP contribution in [0.15, 0.2) is 30.3 Å². The highest BCUT2D eigenvalue weighted by Gasteiger charge is 2.14. The van der Waals surface area contributed by atoms with Crippen molar-refractivity contribution in [1.29, 1.82) is 5.26 Å². The van der Waals surface area contributed by atoms with Gasteiger partial charge >= 0.3 is 0 Å². The highest BCUT2D eigenvalue weighted by molar-refractivity contribution is 5.66. The van der Waals surface area contributed by atoms with Crippen LogP contribution in [0.5, 0.6) is 0 Å². The third-order valence-electron chi connectivity index (χ3n) is 2.41. The zero-order valence-corrected chi connectivity index (χ0v) is 9.35. The zero-order valence-electron chi connectivity index (χ0n) is 9.35. The van der Waals surface area contributed by atoms with Gasteiger partial charge < -0.3 is 5.32 Å². The molecular weight excluding hydrogens is 260 g/mol. The van der Waals surface area contributed by atoms with Gasteiger partial charge in [0.2, 0.25) is 0 Å². The Kier molecular flexibility index (Phi) is 3.38. The average Bonchev–Trinajstić information content (AvgIpc) is 2.41. The SMILES string of the molecule is N#Cc1cc(F)ccc1Nc1ccc(F)c(F)c1F. The Hall–Kier alpha value is -2.55. The Morgan fingerprint density at radius 2 is 1.58 bits per heavy atom. The van der Waals surface area contributed by atoms with Crippen molar-refractivity contribution < 1.29 is 17.6 Å². The number of anilines is 2. The molecule has 0 aliphatic rings. The average molecular weight is 266 g/mol. The lowest BCUT2D eigenvalue weighted by molar-refractivity contribution is 0.449. The smallest absolute Gasteiger partial charge is 0.196 e. The van der Waals surface area contributed by atoms with Gasteiger partial charge in [-0.3, -0.25) is 0 Å². The second-order valence-corrected chi connectivity index (χ2v) is 3.65. The summed E-state index contributed by atoms with van der Waals surface area (Å²) < 4.78 is 52.1. The first-order chi connectivity index (χ1) is 9.02. The van der Waals surface area contributed by atoms with E-state index >= 15 is 0 Å². The summed E-state index contributed by atoms with van der Waals surface area (Å²) in [5.41, 5.74) is -0.333. The second kappa shape index (κ2) is 4.98. The standard InChI is InChI=1S/C13H6F4N2/c14-8-1-3-10(7(5-8)6-18)19-11-4-2-9(15)12(16)13(11)17/h1-5,19H. The number of rotatable bonds is 2. The van der Waals surface area contributed by atoms with Gasteiger partial charge in [-0.15, -0.1) is 0 Å². The maximum Gasteiger partial charge on any atom is 0.196 e. The number of hydrogen-bond donors (Lipinski definition) is 1. The van der Waals surface area contributed by atoms with Crippen LogP contribution in [0.2, 0.25) is 0 Å². The molecule has 2 aromatic rings. The van der Waals surface area contributed by atoms with E-state index in [9.17, 15) is 17.6 Å². The van der Waals surface area contributed by atoms with Gasteiger partial charge in [-0.25, -0.2) is 17.6 Å². The lowest BCUT2D eigenvalue weighted by Crippen LogP contribution is -2.00. The highest BCUT2D eigenvalue weighted by atomic mass is 19.2. The second-order valence-electron chi connectivity index (χ2n) is 3.65. The molecule has 0 unspecified atom stereocenters. The predicted octanol–water partition coefficient (Wildman–Crippen LogP) is 3.86. The van der Waals surface area contributed by atoms with E-state index < -0.39 is 23.3 Å². The van der Waals surface area contributed by atoms with Crippen LogP contribution in [-0.4, -0.2) is 0 Å². The van der Waals surface area contributed by atoms with Crippen molar-refractivity contribution in [2.24, 2.45) is 0 Å². The largest absolute Gasteiger partial charge is 0.352 e. The first-order valence-electron chi connectivity index (χ1n) is 5.13. The maximum absolute atomic E-state index is 13.4. The van der Waals surface area contributed by atoms with Crippen LogP contribution in [0.1, 0.15) is 5.56 Å². The first-order valence-corrected chi connectivity index (χ1v) is 5.13. The summed E-state index contributed by atoms with van der Waals surface area (Å²) in [6.45, 7) is 0. The van der Waals surface area contributed by atoms with Crippen LogP contribution in [0.25, 0.3) is 0 Å². The zero-order chi connectivity index (χ0) is 14.0. The van der Waals surface area contributed by atoms with Gasteiger partial charge in [-0.05, 0) is 30.3 Å². The summed E-state index contributed by atoms with van der Waals surface area (Å²) in [7, 11) is 0. The Morgan fingerprint density at radius 3 is 2.26 bits per heavy atom. The fraction of sp³-hybridized carbons (Fsp3) is 0. The molecule has 96 valence electrons. The number of nitriles is 1. The molecule has 0 atom stereocenters. The molecule has 19 heavy (non-hydrogen) atoms. The van der Waals surface area contributed by atoms with Gasteiger partial charge in [0.05, 0.1) is 16.9 Å². The fourth-order valence-electron chi connectivity index (χ4n) is 1.49. The minimum Gasteiger partial charge on any atom is -0.352 e. The molecule has 0 aromatic heterocycles. The summed E-state index contributed by atoms with van der Waals surface area (Å²) in [5.74, 6) is -4.98. The Morgan fingerprint density at radius 1 is 0.895 bits per heavy atom. The minimum absolute atomic E-state index is 0.0795. The van der Waals surface area contributed by atoms with E-state index in [-0.39, 0.29) is 16.9 Å². The van der Waals surface area contributed by atoms with Gasteiger partial charge in [0.15, 0.2) is 17.5 Å². The van der Waals surface area contributed by atoms with Crippen LogP contribution in [0.4, 0.5) is 28.9 Å². The molecule has 0 amide bonds. The molecule has 0 spiro atoms. The third-order valence-corrected chi connectivity index (χ3v) is 2.41. The van der Waals surface area contributed by atoms with E-state index in [4.69, 9.17) is 5.26 Å². The molecule has 0 bridgehead atoms. The van der Waals surface area contributed by atoms with Crippen LogP contribution in [0, 0.1) is 34.6 Å². The van der Waals surface area contributed by atoms with Crippen molar-refractivity contribution >= 4 is 11.4 Å². The highest BCUT2D eigenvalue weighted by Crippen LogP contribution is 2.25. The number of halogens is 4.